The van der Waals surface area contributed by atoms with Crippen molar-refractivity contribution >= 4 is 29.0 Å². The molecule has 0 atom stereocenters. The highest BCUT2D eigenvalue weighted by Gasteiger charge is 2.22. The Hall–Kier alpha value is -4.89. The molecule has 11 heteroatoms. The first-order valence-electron chi connectivity index (χ1n) is 17.4. The predicted molar refractivity (Wildman–Crippen MR) is 195 cm³/mol. The van der Waals surface area contributed by atoms with Crippen molar-refractivity contribution in [3.63, 3.8) is 0 Å². The van der Waals surface area contributed by atoms with Gasteiger partial charge in [-0.1, -0.05) is 44.0 Å². The van der Waals surface area contributed by atoms with Crippen LogP contribution in [0, 0.1) is 23.6 Å². The summed E-state index contributed by atoms with van der Waals surface area (Å²) in [6, 6.07) is 16.8. The molecule has 0 bridgehead atoms. The number of benzene rings is 2. The first kappa shape index (κ1) is 35.0. The van der Waals surface area contributed by atoms with Gasteiger partial charge in [-0.15, -0.1) is 0 Å². The fraction of sp³-hybridized carbons (Fsp3) is 0.385. The van der Waals surface area contributed by atoms with Gasteiger partial charge >= 0.3 is 0 Å². The molecule has 1 saturated heterocycles. The van der Waals surface area contributed by atoms with Crippen molar-refractivity contribution in [2.24, 2.45) is 5.92 Å². The molecule has 6 rings (SSSR count). The second-order valence-electron chi connectivity index (χ2n) is 13.5. The maximum atomic E-state index is 15.3. The molecular weight excluding hydrogens is 631 g/mol. The van der Waals surface area contributed by atoms with E-state index in [-0.39, 0.29) is 35.6 Å². The molecule has 2 aromatic carbocycles. The lowest BCUT2D eigenvalue weighted by atomic mass is 9.93. The molecule has 4 aromatic rings. The molecule has 2 aromatic heterocycles. The molecule has 2 fully saturated rings. The van der Waals surface area contributed by atoms with Crippen LogP contribution in [0.3, 0.4) is 0 Å². The normalized spacial score (nSPS) is 18.3. The van der Waals surface area contributed by atoms with Crippen molar-refractivity contribution in [3.05, 3.63) is 89.6 Å². The zero-order valence-electron chi connectivity index (χ0n) is 28.9. The highest BCUT2D eigenvalue weighted by molar-refractivity contribution is 5.92. The van der Waals surface area contributed by atoms with Crippen LogP contribution in [0.15, 0.2) is 67.0 Å². The number of nitrogens with zero attached hydrogens (tertiary/aromatic N) is 5. The number of hydrogen-bond donors (Lipinski definition) is 4. The monoisotopic (exact) mass is 676 g/mol. The maximum Gasteiger partial charge on any atom is 0.229 e. The number of amides is 1. The number of nitrogens with one attached hydrogen (secondary N) is 3. The Bertz CT molecular complexity index is 1840. The van der Waals surface area contributed by atoms with E-state index in [2.05, 4.69) is 78.9 Å². The van der Waals surface area contributed by atoms with Gasteiger partial charge in [0.05, 0.1) is 11.8 Å². The quantitative estimate of drug-likeness (QED) is 0.161. The molecule has 2 aliphatic rings. The molecule has 10 nitrogen and oxygen atoms in total. The van der Waals surface area contributed by atoms with E-state index in [9.17, 15) is 9.90 Å². The minimum absolute atomic E-state index is 0.0959. The fourth-order valence-corrected chi connectivity index (χ4v) is 6.04. The summed E-state index contributed by atoms with van der Waals surface area (Å²) in [5, 5.41) is 19.5. The molecule has 3 heterocycles. The van der Waals surface area contributed by atoms with Gasteiger partial charge in [-0.2, -0.15) is 4.98 Å². The summed E-state index contributed by atoms with van der Waals surface area (Å²) < 4.78 is 15.3. The largest absolute Gasteiger partial charge is 0.393 e. The minimum Gasteiger partial charge on any atom is -0.393 e. The molecule has 0 spiro atoms. The van der Waals surface area contributed by atoms with Crippen molar-refractivity contribution < 1.29 is 14.3 Å². The van der Waals surface area contributed by atoms with Gasteiger partial charge in [0.25, 0.3) is 0 Å². The maximum absolute atomic E-state index is 15.3. The van der Waals surface area contributed by atoms with E-state index in [4.69, 9.17) is 4.98 Å². The van der Waals surface area contributed by atoms with Crippen molar-refractivity contribution in [3.8, 4) is 23.0 Å². The predicted octanol–water partition coefficient (Wildman–Crippen LogP) is 5.88. The van der Waals surface area contributed by atoms with Gasteiger partial charge in [0.1, 0.15) is 17.3 Å². The highest BCUT2D eigenvalue weighted by Crippen LogP contribution is 2.31. The standard InChI is InChI=1S/C39H45FN8O2/c1-26(2)38(50)44-32-16-17-41-31(23-32)10-6-27-7-15-36(35(40)22-27)45-39-42-24-34(37(46-39)43-30-11-13-33(49)14-12-30)29-8-4-28(5-9-29)25-48-20-18-47(3)19-21-48/h4-5,7-9,15-17,22-24,26,30,33,49H,11-14,18-21,25H2,1-3H3,(H,41,44,50)(H2,42,43,45,46). The highest BCUT2D eigenvalue weighted by atomic mass is 19.1. The Balaban J connectivity index is 1.17. The van der Waals surface area contributed by atoms with E-state index in [1.54, 1.807) is 36.7 Å². The average molecular weight is 677 g/mol. The van der Waals surface area contributed by atoms with Crippen LogP contribution < -0.4 is 16.0 Å². The summed E-state index contributed by atoms with van der Waals surface area (Å²) in [7, 11) is 2.16. The smallest absolute Gasteiger partial charge is 0.229 e. The van der Waals surface area contributed by atoms with E-state index in [0.717, 1.165) is 69.5 Å². The minimum atomic E-state index is -0.498. The van der Waals surface area contributed by atoms with Crippen LogP contribution >= 0.6 is 0 Å². The number of carbonyl (C=O) groups excluding carboxylic acids is 1. The lowest BCUT2D eigenvalue weighted by Crippen LogP contribution is -2.43. The SMILES string of the molecule is CC(C)C(=O)Nc1ccnc(C#Cc2ccc(Nc3ncc(-c4ccc(CN5CCN(C)CC5)cc4)c(NC4CCC(O)CC4)n3)c(F)c2)c1. The van der Waals surface area contributed by atoms with Gasteiger partial charge in [-0.05, 0) is 80.1 Å². The molecule has 0 radical (unpaired) electrons. The lowest BCUT2D eigenvalue weighted by molar-refractivity contribution is -0.118. The van der Waals surface area contributed by atoms with E-state index in [1.165, 1.54) is 11.6 Å². The van der Waals surface area contributed by atoms with Crippen LogP contribution in [0.4, 0.5) is 27.5 Å². The molecule has 4 N–H and O–H groups in total. The van der Waals surface area contributed by atoms with Crippen molar-refractivity contribution in [2.45, 2.75) is 58.2 Å². The third kappa shape index (κ3) is 9.41. The Morgan fingerprint density at radius 2 is 1.74 bits per heavy atom. The van der Waals surface area contributed by atoms with Crippen LogP contribution in [0.25, 0.3) is 11.1 Å². The number of hydrogen-bond acceptors (Lipinski definition) is 9. The van der Waals surface area contributed by atoms with E-state index in [1.807, 2.05) is 13.8 Å². The number of carbonyl (C=O) groups is 1. The number of rotatable bonds is 9. The number of halogens is 1. The second kappa shape index (κ2) is 16.2. The molecule has 1 amide bonds. The van der Waals surface area contributed by atoms with E-state index >= 15 is 4.39 Å². The number of aromatic nitrogens is 3. The summed E-state index contributed by atoms with van der Waals surface area (Å²) in [5.41, 5.74) is 4.87. The first-order chi connectivity index (χ1) is 24.2. The Kier molecular flexibility index (Phi) is 11.3. The first-order valence-corrected chi connectivity index (χ1v) is 17.4. The lowest BCUT2D eigenvalue weighted by Gasteiger charge is -2.32. The topological polar surface area (TPSA) is 119 Å². The third-order valence-corrected chi connectivity index (χ3v) is 9.20. The molecule has 0 unspecified atom stereocenters. The molecule has 1 saturated carbocycles. The third-order valence-electron chi connectivity index (χ3n) is 9.20. The van der Waals surface area contributed by atoms with Crippen LogP contribution in [0.5, 0.6) is 0 Å². The van der Waals surface area contributed by atoms with Crippen molar-refractivity contribution in [2.75, 3.05) is 49.2 Å². The number of aliphatic hydroxyl groups is 1. The van der Waals surface area contributed by atoms with Gasteiger partial charge in [0.2, 0.25) is 11.9 Å². The Labute approximate surface area is 293 Å². The average Bonchev–Trinajstić information content (AvgIpc) is 3.11. The van der Waals surface area contributed by atoms with Crippen LogP contribution in [0.1, 0.15) is 56.4 Å². The molecule has 260 valence electrons. The number of pyridine rings is 1. The second-order valence-corrected chi connectivity index (χ2v) is 13.5. The molecule has 1 aliphatic heterocycles. The van der Waals surface area contributed by atoms with Gasteiger partial charge in [-0.3, -0.25) is 9.69 Å². The van der Waals surface area contributed by atoms with Crippen LogP contribution in [-0.2, 0) is 11.3 Å². The zero-order chi connectivity index (χ0) is 35.0. The summed E-state index contributed by atoms with van der Waals surface area (Å²) in [5.74, 6) is 6.08. The Morgan fingerprint density at radius 3 is 2.46 bits per heavy atom. The molecule has 50 heavy (non-hydrogen) atoms. The number of likely N-dealkylation sites (N-methyl/N-ethyl adjacent to an activating group) is 1. The molecular formula is C39H45FN8O2. The van der Waals surface area contributed by atoms with Gasteiger partial charge in [0.15, 0.2) is 0 Å². The summed E-state index contributed by atoms with van der Waals surface area (Å²) in [6.07, 6.45) is 6.22. The summed E-state index contributed by atoms with van der Waals surface area (Å²) in [6.45, 7) is 8.85. The van der Waals surface area contributed by atoms with Gasteiger partial charge < -0.3 is 26.0 Å². The fourth-order valence-electron chi connectivity index (χ4n) is 6.04. The van der Waals surface area contributed by atoms with E-state index < -0.39 is 5.82 Å². The van der Waals surface area contributed by atoms with Gasteiger partial charge in [0, 0.05) is 73.9 Å². The van der Waals surface area contributed by atoms with Gasteiger partial charge in [-0.25, -0.2) is 14.4 Å². The van der Waals surface area contributed by atoms with Crippen LogP contribution in [0.2, 0.25) is 0 Å². The number of piperazine rings is 1. The van der Waals surface area contributed by atoms with Crippen molar-refractivity contribution in [1.29, 1.82) is 0 Å². The summed E-state index contributed by atoms with van der Waals surface area (Å²) in [4.78, 5) is 30.5. The van der Waals surface area contributed by atoms with Crippen LogP contribution in [-0.4, -0.2) is 81.1 Å². The number of aliphatic hydroxyl groups excluding tert-OH is 1. The molecule has 1 aliphatic carbocycles. The van der Waals surface area contributed by atoms with Crippen molar-refractivity contribution in [1.82, 2.24) is 24.8 Å². The van der Waals surface area contributed by atoms with E-state index in [0.29, 0.717) is 22.8 Å². The Morgan fingerprint density at radius 1 is 0.980 bits per heavy atom. The zero-order valence-corrected chi connectivity index (χ0v) is 28.9. The summed E-state index contributed by atoms with van der Waals surface area (Å²) >= 11 is 0. The number of anilines is 4.